The van der Waals surface area contributed by atoms with Gasteiger partial charge < -0.3 is 10.7 Å². The Morgan fingerprint density at radius 2 is 1.93 bits per heavy atom. The summed E-state index contributed by atoms with van der Waals surface area (Å²) in [5, 5.41) is 10.9. The molecule has 0 aromatic carbocycles. The van der Waals surface area contributed by atoms with Crippen molar-refractivity contribution in [2.75, 3.05) is 13.1 Å². The fraction of sp³-hybridized carbons (Fsp3) is 0.818. The molecule has 0 amide bonds. The van der Waals surface area contributed by atoms with Gasteiger partial charge in [-0.1, -0.05) is 13.8 Å². The monoisotopic (exact) mass is 197 g/mol. The molecule has 3 heteroatoms. The molecule has 0 saturated heterocycles. The first-order valence-electron chi connectivity index (χ1n) is 5.26. The number of nitrogens with zero attached hydrogens (tertiary/aromatic N) is 1. The van der Waals surface area contributed by atoms with Crippen LogP contribution in [0.5, 0.6) is 0 Å². The average Bonchev–Trinajstić information content (AvgIpc) is 2.14. The van der Waals surface area contributed by atoms with Crippen molar-refractivity contribution in [1.29, 1.82) is 5.41 Å². The molecule has 0 fully saturated rings. The minimum Gasteiger partial charge on any atom is -0.374 e. The van der Waals surface area contributed by atoms with Gasteiger partial charge >= 0.3 is 0 Å². The normalized spacial score (nSPS) is 16.2. The van der Waals surface area contributed by atoms with E-state index in [2.05, 4.69) is 31.1 Å². The van der Waals surface area contributed by atoms with Crippen molar-refractivity contribution in [1.82, 2.24) is 5.32 Å². The smallest absolute Gasteiger partial charge is 0.0931 e. The first kappa shape index (κ1) is 13.1. The number of aliphatic imine (C=N–C) groups is 1. The summed E-state index contributed by atoms with van der Waals surface area (Å²) in [7, 11) is 0. The molecule has 0 aliphatic carbocycles. The van der Waals surface area contributed by atoms with Crippen LogP contribution in [0.15, 0.2) is 4.99 Å². The first-order valence-corrected chi connectivity index (χ1v) is 5.26. The molecule has 0 aliphatic heterocycles. The van der Waals surface area contributed by atoms with Gasteiger partial charge in [-0.25, -0.2) is 0 Å². The lowest BCUT2D eigenvalue weighted by Gasteiger charge is -2.25. The summed E-state index contributed by atoms with van der Waals surface area (Å²) in [4.78, 5) is 4.44. The highest BCUT2D eigenvalue weighted by molar-refractivity contribution is 5.85. The van der Waals surface area contributed by atoms with E-state index >= 15 is 0 Å². The third kappa shape index (κ3) is 3.90. The second-order valence-corrected chi connectivity index (χ2v) is 3.97. The quantitative estimate of drug-likeness (QED) is 0.516. The van der Waals surface area contributed by atoms with Crippen LogP contribution in [-0.4, -0.2) is 24.6 Å². The van der Waals surface area contributed by atoms with Crippen LogP contribution in [0.25, 0.3) is 0 Å². The van der Waals surface area contributed by atoms with Gasteiger partial charge in [0.15, 0.2) is 0 Å². The summed E-state index contributed by atoms with van der Waals surface area (Å²) in [6.07, 6.45) is 0.964. The van der Waals surface area contributed by atoms with Gasteiger partial charge in [-0.2, -0.15) is 0 Å². The minimum atomic E-state index is -0.0727. The largest absolute Gasteiger partial charge is 0.374 e. The van der Waals surface area contributed by atoms with Crippen LogP contribution in [0, 0.1) is 10.8 Å². The Labute approximate surface area is 87.5 Å². The van der Waals surface area contributed by atoms with Crippen LogP contribution in [-0.2, 0) is 0 Å². The first-order chi connectivity index (χ1) is 6.46. The van der Waals surface area contributed by atoms with Gasteiger partial charge in [-0.15, -0.1) is 0 Å². The van der Waals surface area contributed by atoms with E-state index in [0.717, 1.165) is 18.8 Å². The molecule has 0 aromatic rings. The second-order valence-electron chi connectivity index (χ2n) is 3.97. The van der Waals surface area contributed by atoms with Crippen molar-refractivity contribution in [3.8, 4) is 0 Å². The van der Waals surface area contributed by atoms with Gasteiger partial charge in [-0.3, -0.25) is 4.99 Å². The topological polar surface area (TPSA) is 48.2 Å². The number of rotatable bonds is 5. The zero-order valence-corrected chi connectivity index (χ0v) is 10.1. The lowest BCUT2D eigenvalue weighted by atomic mass is 9.83. The summed E-state index contributed by atoms with van der Waals surface area (Å²) >= 11 is 0. The highest BCUT2D eigenvalue weighted by Crippen LogP contribution is 2.22. The zero-order valence-electron chi connectivity index (χ0n) is 10.1. The molecule has 0 saturated carbocycles. The Balaban J connectivity index is 4.33. The van der Waals surface area contributed by atoms with Crippen LogP contribution in [0.3, 0.4) is 0 Å². The second kappa shape index (κ2) is 5.78. The molecule has 0 bridgehead atoms. The summed E-state index contributed by atoms with van der Waals surface area (Å²) in [5.41, 5.74) is 0.643. The molecule has 0 radical (unpaired) electrons. The average molecular weight is 197 g/mol. The number of amidine groups is 1. The Morgan fingerprint density at radius 3 is 2.29 bits per heavy atom. The van der Waals surface area contributed by atoms with Gasteiger partial charge in [0, 0.05) is 17.7 Å². The van der Waals surface area contributed by atoms with Crippen molar-refractivity contribution in [2.45, 2.75) is 41.0 Å². The van der Waals surface area contributed by atoms with Crippen LogP contribution < -0.4 is 5.32 Å². The molecule has 0 aliphatic rings. The molecule has 0 rings (SSSR count). The van der Waals surface area contributed by atoms with Crippen LogP contribution >= 0.6 is 0 Å². The molecule has 0 spiro atoms. The predicted molar refractivity (Wildman–Crippen MR) is 63.5 cm³/mol. The van der Waals surface area contributed by atoms with Crippen molar-refractivity contribution in [3.05, 3.63) is 0 Å². The summed E-state index contributed by atoms with van der Waals surface area (Å²) < 4.78 is 0. The molecule has 14 heavy (non-hydrogen) atoms. The lowest BCUT2D eigenvalue weighted by Crippen LogP contribution is -2.29. The van der Waals surface area contributed by atoms with Crippen LogP contribution in [0.1, 0.15) is 41.0 Å². The third-order valence-electron chi connectivity index (χ3n) is 2.78. The van der Waals surface area contributed by atoms with Gasteiger partial charge in [-0.05, 0) is 27.2 Å². The fourth-order valence-electron chi connectivity index (χ4n) is 1.10. The van der Waals surface area contributed by atoms with Crippen LogP contribution in [0.4, 0.5) is 0 Å². The third-order valence-corrected chi connectivity index (χ3v) is 2.78. The molecule has 0 aromatic heterocycles. The van der Waals surface area contributed by atoms with E-state index in [1.54, 1.807) is 0 Å². The number of hydrogen-bond donors (Lipinski definition) is 2. The minimum absolute atomic E-state index is 0.0727. The van der Waals surface area contributed by atoms with Gasteiger partial charge in [0.1, 0.15) is 0 Å². The maximum atomic E-state index is 7.70. The van der Waals surface area contributed by atoms with Crippen molar-refractivity contribution in [3.63, 3.8) is 0 Å². The Kier molecular flexibility index (Phi) is 5.43. The van der Waals surface area contributed by atoms with Crippen molar-refractivity contribution < 1.29 is 0 Å². The Morgan fingerprint density at radius 1 is 1.36 bits per heavy atom. The molecular formula is C11H23N3. The number of nitrogens with one attached hydrogen (secondary N) is 2. The Hall–Kier alpha value is -0.860. The van der Waals surface area contributed by atoms with E-state index in [0.29, 0.717) is 12.3 Å². The number of hydrogen-bond acceptors (Lipinski definition) is 2. The molecule has 1 atom stereocenters. The molecule has 3 nitrogen and oxygen atoms in total. The maximum absolute atomic E-state index is 7.70. The van der Waals surface area contributed by atoms with Crippen molar-refractivity contribution in [2.24, 2.45) is 10.4 Å². The summed E-state index contributed by atoms with van der Waals surface area (Å²) in [6, 6.07) is 0. The van der Waals surface area contributed by atoms with E-state index in [-0.39, 0.29) is 5.41 Å². The predicted octanol–water partition coefficient (Wildman–Crippen LogP) is 2.47. The molecule has 1 unspecified atom stereocenters. The van der Waals surface area contributed by atoms with E-state index in [1.807, 2.05) is 13.8 Å². The van der Waals surface area contributed by atoms with Gasteiger partial charge in [0.05, 0.1) is 12.4 Å². The highest BCUT2D eigenvalue weighted by atomic mass is 15.0. The Bertz CT molecular complexity index is 221. The van der Waals surface area contributed by atoms with Crippen LogP contribution in [0.2, 0.25) is 0 Å². The SMILES string of the molecule is CCNC(C)=NCC(C)(CC)C(C)=N. The van der Waals surface area contributed by atoms with Crippen molar-refractivity contribution >= 4 is 11.5 Å². The molecular weight excluding hydrogens is 174 g/mol. The lowest BCUT2D eigenvalue weighted by molar-refractivity contribution is 0.458. The fourth-order valence-corrected chi connectivity index (χ4v) is 1.10. The van der Waals surface area contributed by atoms with E-state index < -0.39 is 0 Å². The van der Waals surface area contributed by atoms with E-state index in [1.165, 1.54) is 0 Å². The summed E-state index contributed by atoms with van der Waals surface area (Å²) in [5.74, 6) is 0.966. The molecule has 2 N–H and O–H groups in total. The standard InChI is InChI=1S/C11H23N3/c1-6-11(5,9(3)12)8-14-10(4)13-7-2/h12H,6-8H2,1-5H3,(H,13,14). The van der Waals surface area contributed by atoms with Gasteiger partial charge in [0.2, 0.25) is 0 Å². The molecule has 82 valence electrons. The zero-order chi connectivity index (χ0) is 11.2. The van der Waals surface area contributed by atoms with Gasteiger partial charge in [0.25, 0.3) is 0 Å². The van der Waals surface area contributed by atoms with E-state index in [4.69, 9.17) is 5.41 Å². The molecule has 0 heterocycles. The highest BCUT2D eigenvalue weighted by Gasteiger charge is 2.23. The summed E-state index contributed by atoms with van der Waals surface area (Å²) in [6.45, 7) is 11.7. The maximum Gasteiger partial charge on any atom is 0.0931 e. The van der Waals surface area contributed by atoms with E-state index in [9.17, 15) is 0 Å².